The Hall–Kier alpha value is -3.21. The van der Waals surface area contributed by atoms with Crippen molar-refractivity contribution in [1.82, 2.24) is 20.2 Å². The zero-order chi connectivity index (χ0) is 22.4. The third-order valence-corrected chi connectivity index (χ3v) is 7.29. The first-order valence-corrected chi connectivity index (χ1v) is 11.8. The van der Waals surface area contributed by atoms with Crippen LogP contribution >= 0.6 is 0 Å². The first-order chi connectivity index (χ1) is 16.2. The van der Waals surface area contributed by atoms with Gasteiger partial charge in [-0.3, -0.25) is 9.88 Å². The van der Waals surface area contributed by atoms with Gasteiger partial charge in [-0.05, 0) is 36.8 Å². The molecule has 2 aromatic heterocycles. The molecule has 0 bridgehead atoms. The van der Waals surface area contributed by atoms with Crippen LogP contribution in [0.25, 0.3) is 10.9 Å². The predicted octanol–water partition coefficient (Wildman–Crippen LogP) is 2.88. The molecule has 7 heteroatoms. The van der Waals surface area contributed by atoms with Crippen molar-refractivity contribution in [3.63, 3.8) is 0 Å². The molecule has 0 amide bonds. The van der Waals surface area contributed by atoms with Crippen LogP contribution in [0.4, 0.5) is 5.69 Å². The van der Waals surface area contributed by atoms with Gasteiger partial charge in [0.1, 0.15) is 12.2 Å². The Bertz CT molecular complexity index is 1240. The standard InChI is InChI=1S/C26H28N6O/c1-17-14-31(24-6-4-18(12-27)26-22(24)3-2-9-29-26)15-20-11-21(16-32(17)20)33-25-7-5-19-13-28-10-8-23(19)30-25/h2-7,9,17,20-21,28H,8,10-11,13-16H2,1H3/t17-,20+,21?/m1/s1. The summed E-state index contributed by atoms with van der Waals surface area (Å²) in [5, 5.41) is 13.9. The second-order valence-corrected chi connectivity index (χ2v) is 9.41. The molecule has 1 N–H and O–H groups in total. The number of nitriles is 1. The van der Waals surface area contributed by atoms with E-state index in [0.29, 0.717) is 17.6 Å². The number of pyridine rings is 2. The Morgan fingerprint density at radius 2 is 2.09 bits per heavy atom. The van der Waals surface area contributed by atoms with Crippen LogP contribution in [0, 0.1) is 11.3 Å². The van der Waals surface area contributed by atoms with Crippen LogP contribution < -0.4 is 15.0 Å². The molecule has 168 valence electrons. The number of ether oxygens (including phenoxy) is 1. The van der Waals surface area contributed by atoms with E-state index in [-0.39, 0.29) is 6.10 Å². The number of piperazine rings is 1. The molecule has 0 aliphatic carbocycles. The summed E-state index contributed by atoms with van der Waals surface area (Å²) in [7, 11) is 0. The fourth-order valence-corrected chi connectivity index (χ4v) is 5.73. The summed E-state index contributed by atoms with van der Waals surface area (Å²) >= 11 is 0. The average molecular weight is 441 g/mol. The minimum absolute atomic E-state index is 0.157. The van der Waals surface area contributed by atoms with Crippen molar-refractivity contribution in [3.05, 3.63) is 59.4 Å². The summed E-state index contributed by atoms with van der Waals surface area (Å²) in [6.07, 6.45) is 3.88. The Kier molecular flexibility index (Phi) is 5.12. The zero-order valence-corrected chi connectivity index (χ0v) is 18.9. The maximum atomic E-state index is 9.49. The molecule has 0 saturated carbocycles. The van der Waals surface area contributed by atoms with Gasteiger partial charge in [0.05, 0.1) is 16.8 Å². The number of anilines is 1. The van der Waals surface area contributed by atoms with Crippen molar-refractivity contribution >= 4 is 16.6 Å². The van der Waals surface area contributed by atoms with E-state index in [1.165, 1.54) is 11.3 Å². The van der Waals surface area contributed by atoms with Gasteiger partial charge < -0.3 is 15.0 Å². The number of rotatable bonds is 3. The van der Waals surface area contributed by atoms with E-state index in [9.17, 15) is 5.26 Å². The SMILES string of the molecule is C[C@@H]1CN(c2ccc(C#N)c3ncccc23)C[C@@H]2CC(Oc3ccc4c(n3)CCNC4)CN21. The minimum Gasteiger partial charge on any atom is -0.473 e. The maximum absolute atomic E-state index is 9.49. The Morgan fingerprint density at radius 3 is 3.00 bits per heavy atom. The number of fused-ring (bicyclic) bond motifs is 3. The second-order valence-electron chi connectivity index (χ2n) is 9.41. The molecule has 0 radical (unpaired) electrons. The van der Waals surface area contributed by atoms with Gasteiger partial charge in [-0.15, -0.1) is 0 Å². The topological polar surface area (TPSA) is 77.3 Å². The summed E-state index contributed by atoms with van der Waals surface area (Å²) < 4.78 is 6.39. The minimum atomic E-state index is 0.157. The highest BCUT2D eigenvalue weighted by Gasteiger charge is 2.41. The van der Waals surface area contributed by atoms with Gasteiger partial charge in [-0.25, -0.2) is 4.98 Å². The van der Waals surface area contributed by atoms with Crippen LogP contribution in [0.2, 0.25) is 0 Å². The summed E-state index contributed by atoms with van der Waals surface area (Å²) in [6, 6.07) is 15.3. The molecule has 1 unspecified atom stereocenters. The second kappa shape index (κ2) is 8.29. The highest BCUT2D eigenvalue weighted by molar-refractivity contribution is 5.95. The van der Waals surface area contributed by atoms with E-state index < -0.39 is 0 Å². The lowest BCUT2D eigenvalue weighted by atomic mass is 10.0. The molecule has 0 spiro atoms. The van der Waals surface area contributed by atoms with E-state index in [4.69, 9.17) is 9.72 Å². The number of hydrogen-bond acceptors (Lipinski definition) is 7. The average Bonchev–Trinajstić information content (AvgIpc) is 3.26. The van der Waals surface area contributed by atoms with E-state index in [1.807, 2.05) is 18.2 Å². The van der Waals surface area contributed by atoms with E-state index >= 15 is 0 Å². The molecule has 3 aliphatic rings. The number of nitrogens with zero attached hydrogens (tertiary/aromatic N) is 5. The summed E-state index contributed by atoms with van der Waals surface area (Å²) in [6.45, 7) is 7.02. The lowest BCUT2D eigenvalue weighted by Gasteiger charge is -2.43. The quantitative estimate of drug-likeness (QED) is 0.671. The molecule has 5 heterocycles. The third-order valence-electron chi connectivity index (χ3n) is 7.29. The van der Waals surface area contributed by atoms with E-state index in [2.05, 4.69) is 51.3 Å². The molecule has 1 aromatic carbocycles. The van der Waals surface area contributed by atoms with E-state index in [0.717, 1.165) is 68.0 Å². The molecule has 33 heavy (non-hydrogen) atoms. The summed E-state index contributed by atoms with van der Waals surface area (Å²) in [5.74, 6) is 0.758. The molecule has 2 fully saturated rings. The van der Waals surface area contributed by atoms with Crippen LogP contribution in [-0.4, -0.2) is 59.2 Å². The summed E-state index contributed by atoms with van der Waals surface area (Å²) in [4.78, 5) is 14.3. The summed E-state index contributed by atoms with van der Waals surface area (Å²) in [5.41, 5.74) is 5.03. The monoisotopic (exact) mass is 440 g/mol. The van der Waals surface area contributed by atoms with Crippen molar-refractivity contribution in [2.45, 2.75) is 44.5 Å². The predicted molar refractivity (Wildman–Crippen MR) is 127 cm³/mol. The molecule has 6 rings (SSSR count). The normalized spacial score (nSPS) is 24.8. The van der Waals surface area contributed by atoms with Crippen molar-refractivity contribution in [2.75, 3.05) is 31.1 Å². The van der Waals surface area contributed by atoms with Crippen molar-refractivity contribution in [3.8, 4) is 11.9 Å². The molecule has 3 atom stereocenters. The van der Waals surface area contributed by atoms with Crippen molar-refractivity contribution < 1.29 is 4.74 Å². The van der Waals surface area contributed by atoms with Crippen LogP contribution in [-0.2, 0) is 13.0 Å². The van der Waals surface area contributed by atoms with Crippen LogP contribution in [0.5, 0.6) is 5.88 Å². The molecule has 2 saturated heterocycles. The molecule has 3 aliphatic heterocycles. The van der Waals surface area contributed by atoms with Crippen LogP contribution in [0.15, 0.2) is 42.6 Å². The van der Waals surface area contributed by atoms with Gasteiger partial charge in [-0.1, -0.05) is 6.07 Å². The van der Waals surface area contributed by atoms with Crippen LogP contribution in [0.3, 0.4) is 0 Å². The smallest absolute Gasteiger partial charge is 0.213 e. The molecule has 7 nitrogen and oxygen atoms in total. The number of hydrogen-bond donors (Lipinski definition) is 1. The number of benzene rings is 1. The Balaban J connectivity index is 1.21. The first kappa shape index (κ1) is 20.4. The lowest BCUT2D eigenvalue weighted by molar-refractivity contribution is 0.149. The van der Waals surface area contributed by atoms with Gasteiger partial charge in [0.2, 0.25) is 5.88 Å². The number of nitrogens with one attached hydrogen (secondary N) is 1. The Morgan fingerprint density at radius 1 is 1.15 bits per heavy atom. The fraction of sp³-hybridized carbons (Fsp3) is 0.423. The zero-order valence-electron chi connectivity index (χ0n) is 18.9. The lowest BCUT2D eigenvalue weighted by Crippen LogP contribution is -2.55. The van der Waals surface area contributed by atoms with Crippen molar-refractivity contribution in [2.24, 2.45) is 0 Å². The van der Waals surface area contributed by atoms with Gasteiger partial charge in [0.15, 0.2) is 0 Å². The highest BCUT2D eigenvalue weighted by Crippen LogP contribution is 2.34. The molecular weight excluding hydrogens is 412 g/mol. The molecular formula is C26H28N6O. The maximum Gasteiger partial charge on any atom is 0.213 e. The molecule has 3 aromatic rings. The van der Waals surface area contributed by atoms with Crippen LogP contribution in [0.1, 0.15) is 30.2 Å². The Labute approximate surface area is 194 Å². The van der Waals surface area contributed by atoms with Gasteiger partial charge in [0, 0.05) is 81.0 Å². The first-order valence-electron chi connectivity index (χ1n) is 11.8. The van der Waals surface area contributed by atoms with Crippen molar-refractivity contribution in [1.29, 1.82) is 5.26 Å². The van der Waals surface area contributed by atoms with E-state index in [1.54, 1.807) is 6.20 Å². The van der Waals surface area contributed by atoms with Gasteiger partial charge in [0.25, 0.3) is 0 Å². The number of aromatic nitrogens is 2. The highest BCUT2D eigenvalue weighted by atomic mass is 16.5. The van der Waals surface area contributed by atoms with Gasteiger partial charge in [-0.2, -0.15) is 5.26 Å². The largest absolute Gasteiger partial charge is 0.473 e. The van der Waals surface area contributed by atoms with Gasteiger partial charge >= 0.3 is 0 Å². The fourth-order valence-electron chi connectivity index (χ4n) is 5.73. The third kappa shape index (κ3) is 3.69.